The Hall–Kier alpha value is -0.940. The summed E-state index contributed by atoms with van der Waals surface area (Å²) in [5, 5.41) is 0.972. The van der Waals surface area contributed by atoms with E-state index in [4.69, 9.17) is 5.73 Å². The second-order valence-corrected chi connectivity index (χ2v) is 6.20. The van der Waals surface area contributed by atoms with Crippen molar-refractivity contribution in [2.24, 2.45) is 11.7 Å². The maximum absolute atomic E-state index is 12.0. The van der Waals surface area contributed by atoms with Gasteiger partial charge in [0, 0.05) is 18.1 Å². The summed E-state index contributed by atoms with van der Waals surface area (Å²) in [6.45, 7) is 6.79. The SMILES string of the molecule is CCc1cnc(CN(C)C(=O)[C@@H](N)CC(C)C)s1. The van der Waals surface area contributed by atoms with Gasteiger partial charge in [-0.05, 0) is 18.8 Å². The number of aromatic nitrogens is 1. The van der Waals surface area contributed by atoms with Gasteiger partial charge in [-0.15, -0.1) is 11.3 Å². The number of carbonyl (C=O) groups excluding carboxylic acids is 1. The molecule has 0 aliphatic carbocycles. The first-order valence-electron chi connectivity index (χ1n) is 6.38. The summed E-state index contributed by atoms with van der Waals surface area (Å²) in [4.78, 5) is 19.3. The fourth-order valence-electron chi connectivity index (χ4n) is 1.76. The molecule has 0 saturated carbocycles. The van der Waals surface area contributed by atoms with Gasteiger partial charge in [-0.1, -0.05) is 20.8 Å². The van der Waals surface area contributed by atoms with Crippen LogP contribution >= 0.6 is 11.3 Å². The largest absolute Gasteiger partial charge is 0.338 e. The van der Waals surface area contributed by atoms with Crippen LogP contribution in [0.15, 0.2) is 6.20 Å². The van der Waals surface area contributed by atoms with Gasteiger partial charge in [0.15, 0.2) is 0 Å². The maximum atomic E-state index is 12.0. The molecule has 0 fully saturated rings. The highest BCUT2D eigenvalue weighted by Crippen LogP contribution is 2.15. The van der Waals surface area contributed by atoms with Crippen molar-refractivity contribution < 1.29 is 4.79 Å². The predicted octanol–water partition coefficient (Wildman–Crippen LogP) is 2.04. The highest BCUT2D eigenvalue weighted by molar-refractivity contribution is 7.11. The number of hydrogen-bond acceptors (Lipinski definition) is 4. The maximum Gasteiger partial charge on any atom is 0.239 e. The van der Waals surface area contributed by atoms with Crippen LogP contribution in [-0.2, 0) is 17.8 Å². The van der Waals surface area contributed by atoms with Crippen LogP contribution in [0.1, 0.15) is 37.1 Å². The number of thiazole rings is 1. The third-order valence-electron chi connectivity index (χ3n) is 2.74. The van der Waals surface area contributed by atoms with Gasteiger partial charge in [0.05, 0.1) is 12.6 Å². The van der Waals surface area contributed by atoms with Crippen LogP contribution in [0.2, 0.25) is 0 Å². The van der Waals surface area contributed by atoms with Crippen LogP contribution in [-0.4, -0.2) is 28.9 Å². The monoisotopic (exact) mass is 269 g/mol. The molecule has 0 aromatic carbocycles. The summed E-state index contributed by atoms with van der Waals surface area (Å²) < 4.78 is 0. The second-order valence-electron chi connectivity index (χ2n) is 5.00. The van der Waals surface area contributed by atoms with Crippen LogP contribution in [0, 0.1) is 5.92 Å². The minimum atomic E-state index is -0.402. The lowest BCUT2D eigenvalue weighted by Gasteiger charge is -2.21. The average Bonchev–Trinajstić information content (AvgIpc) is 2.74. The van der Waals surface area contributed by atoms with E-state index in [0.717, 1.165) is 17.8 Å². The van der Waals surface area contributed by atoms with Crippen molar-refractivity contribution in [2.75, 3.05) is 7.05 Å². The molecule has 4 nitrogen and oxygen atoms in total. The first-order chi connectivity index (χ1) is 8.43. The zero-order valence-electron chi connectivity index (χ0n) is 11.6. The van der Waals surface area contributed by atoms with Crippen molar-refractivity contribution in [3.63, 3.8) is 0 Å². The van der Waals surface area contributed by atoms with Crippen molar-refractivity contribution >= 4 is 17.2 Å². The normalized spacial score (nSPS) is 12.8. The van der Waals surface area contributed by atoms with Crippen LogP contribution < -0.4 is 5.73 Å². The molecule has 0 spiro atoms. The molecule has 1 aromatic rings. The van der Waals surface area contributed by atoms with E-state index in [0.29, 0.717) is 12.5 Å². The summed E-state index contributed by atoms with van der Waals surface area (Å²) in [5.41, 5.74) is 5.90. The molecule has 0 bridgehead atoms. The van der Waals surface area contributed by atoms with Gasteiger partial charge in [0.25, 0.3) is 0 Å². The van der Waals surface area contributed by atoms with Gasteiger partial charge < -0.3 is 10.6 Å². The molecule has 0 aliphatic rings. The Morgan fingerprint density at radius 1 is 1.56 bits per heavy atom. The van der Waals surface area contributed by atoms with Gasteiger partial charge in [-0.2, -0.15) is 0 Å². The fourth-order valence-corrected chi connectivity index (χ4v) is 2.67. The lowest BCUT2D eigenvalue weighted by atomic mass is 10.0. The van der Waals surface area contributed by atoms with Crippen LogP contribution in [0.4, 0.5) is 0 Å². The molecule has 1 aromatic heterocycles. The minimum absolute atomic E-state index is 0.00283. The lowest BCUT2D eigenvalue weighted by molar-refractivity contribution is -0.132. The molecule has 0 unspecified atom stereocenters. The van der Waals surface area contributed by atoms with E-state index in [2.05, 4.69) is 25.8 Å². The van der Waals surface area contributed by atoms with E-state index < -0.39 is 6.04 Å². The number of rotatable bonds is 6. The molecule has 0 radical (unpaired) electrons. The summed E-state index contributed by atoms with van der Waals surface area (Å²) in [5.74, 6) is 0.431. The number of aryl methyl sites for hydroxylation is 1. The quantitative estimate of drug-likeness (QED) is 0.859. The molecule has 1 atom stereocenters. The van der Waals surface area contributed by atoms with Gasteiger partial charge in [-0.25, -0.2) is 4.98 Å². The Kier molecular flexibility index (Phi) is 5.75. The second kappa shape index (κ2) is 6.85. The number of amides is 1. The summed E-state index contributed by atoms with van der Waals surface area (Å²) in [6.07, 6.45) is 3.59. The van der Waals surface area contributed by atoms with E-state index in [-0.39, 0.29) is 5.91 Å². The zero-order chi connectivity index (χ0) is 13.7. The smallest absolute Gasteiger partial charge is 0.239 e. The molecule has 1 amide bonds. The number of likely N-dealkylation sites (N-methyl/N-ethyl adjacent to an activating group) is 1. The number of nitrogens with two attached hydrogens (primary N) is 1. The molecule has 0 aliphatic heterocycles. The number of hydrogen-bond donors (Lipinski definition) is 1. The third kappa shape index (κ3) is 4.38. The molecule has 0 saturated heterocycles. The zero-order valence-corrected chi connectivity index (χ0v) is 12.5. The van der Waals surface area contributed by atoms with Gasteiger partial charge in [0.2, 0.25) is 5.91 Å². The lowest BCUT2D eigenvalue weighted by Crippen LogP contribution is -2.42. The Morgan fingerprint density at radius 3 is 2.72 bits per heavy atom. The summed E-state index contributed by atoms with van der Waals surface area (Å²) in [7, 11) is 1.79. The third-order valence-corrected chi connectivity index (χ3v) is 3.87. The molecular formula is C13H23N3OS. The highest BCUT2D eigenvalue weighted by Gasteiger charge is 2.19. The topological polar surface area (TPSA) is 59.2 Å². The average molecular weight is 269 g/mol. The Labute approximate surface area is 113 Å². The summed E-state index contributed by atoms with van der Waals surface area (Å²) >= 11 is 1.66. The predicted molar refractivity (Wildman–Crippen MR) is 75.4 cm³/mol. The molecule has 18 heavy (non-hydrogen) atoms. The minimum Gasteiger partial charge on any atom is -0.338 e. The molecule has 1 heterocycles. The van der Waals surface area contributed by atoms with E-state index in [1.165, 1.54) is 4.88 Å². The van der Waals surface area contributed by atoms with Crippen molar-refractivity contribution in [3.8, 4) is 0 Å². The Bertz CT molecular complexity index is 389. The van der Waals surface area contributed by atoms with E-state index in [9.17, 15) is 4.79 Å². The van der Waals surface area contributed by atoms with E-state index in [1.54, 1.807) is 23.3 Å². The Morgan fingerprint density at radius 2 is 2.22 bits per heavy atom. The number of carbonyl (C=O) groups is 1. The van der Waals surface area contributed by atoms with E-state index >= 15 is 0 Å². The van der Waals surface area contributed by atoms with Crippen LogP contribution in [0.25, 0.3) is 0 Å². The van der Waals surface area contributed by atoms with Crippen molar-refractivity contribution in [3.05, 3.63) is 16.1 Å². The molecule has 102 valence electrons. The van der Waals surface area contributed by atoms with Gasteiger partial charge >= 0.3 is 0 Å². The standard InChI is InChI=1S/C13H23N3OS/c1-5-10-7-15-12(18-10)8-16(4)13(17)11(14)6-9(2)3/h7,9,11H,5-6,8,14H2,1-4H3/t11-/m0/s1. The summed E-state index contributed by atoms with van der Waals surface area (Å²) in [6, 6.07) is -0.402. The van der Waals surface area contributed by atoms with Gasteiger partial charge in [-0.3, -0.25) is 4.79 Å². The molecule has 1 rings (SSSR count). The molecular weight excluding hydrogens is 246 g/mol. The first-order valence-corrected chi connectivity index (χ1v) is 7.19. The van der Waals surface area contributed by atoms with Crippen molar-refractivity contribution in [2.45, 2.75) is 46.2 Å². The van der Waals surface area contributed by atoms with Gasteiger partial charge in [0.1, 0.15) is 5.01 Å². The first kappa shape index (κ1) is 15.1. The Balaban J connectivity index is 2.53. The van der Waals surface area contributed by atoms with Crippen LogP contribution in [0.3, 0.4) is 0 Å². The van der Waals surface area contributed by atoms with Crippen LogP contribution in [0.5, 0.6) is 0 Å². The highest BCUT2D eigenvalue weighted by atomic mass is 32.1. The van der Waals surface area contributed by atoms with Crippen molar-refractivity contribution in [1.82, 2.24) is 9.88 Å². The molecule has 5 heteroatoms. The molecule has 2 N–H and O–H groups in total. The van der Waals surface area contributed by atoms with Crippen molar-refractivity contribution in [1.29, 1.82) is 0 Å². The fraction of sp³-hybridized carbons (Fsp3) is 0.692. The number of nitrogens with zero attached hydrogens (tertiary/aromatic N) is 2. The van der Waals surface area contributed by atoms with E-state index in [1.807, 2.05) is 6.20 Å².